The fraction of sp³-hybridized carbons (Fsp3) is 0.308. The molecule has 0 aliphatic carbocycles. The van der Waals surface area contributed by atoms with Crippen molar-refractivity contribution in [3.63, 3.8) is 0 Å². The van der Waals surface area contributed by atoms with Gasteiger partial charge in [0, 0.05) is 18.1 Å². The standard InChI is InChI=1S/C13H16N2OS2/c1-2-15-12(16)11(14-13(15)17)9-18-8-10-6-4-3-5-7-10/h3-7,16H,2,8-9H2,1H3,(H,14,17). The van der Waals surface area contributed by atoms with E-state index in [1.165, 1.54) is 5.56 Å². The number of H-pyrrole nitrogens is 1. The van der Waals surface area contributed by atoms with E-state index in [0.29, 0.717) is 11.3 Å². The third kappa shape index (κ3) is 2.97. The van der Waals surface area contributed by atoms with Crippen molar-refractivity contribution in [1.82, 2.24) is 9.55 Å². The van der Waals surface area contributed by atoms with Crippen molar-refractivity contribution < 1.29 is 5.11 Å². The lowest BCUT2D eigenvalue weighted by atomic mass is 10.2. The van der Waals surface area contributed by atoms with Crippen molar-refractivity contribution in [2.75, 3.05) is 0 Å². The number of imidazole rings is 1. The van der Waals surface area contributed by atoms with E-state index in [2.05, 4.69) is 17.1 Å². The Bertz CT molecular complexity index is 560. The van der Waals surface area contributed by atoms with Gasteiger partial charge < -0.3 is 10.1 Å². The van der Waals surface area contributed by atoms with Gasteiger partial charge in [0.1, 0.15) is 0 Å². The summed E-state index contributed by atoms with van der Waals surface area (Å²) in [6.45, 7) is 2.65. The molecule has 2 N–H and O–H groups in total. The normalized spacial score (nSPS) is 10.7. The van der Waals surface area contributed by atoms with E-state index in [1.54, 1.807) is 16.3 Å². The van der Waals surface area contributed by atoms with Gasteiger partial charge in [-0.3, -0.25) is 4.57 Å². The Balaban J connectivity index is 1.97. The minimum absolute atomic E-state index is 0.267. The van der Waals surface area contributed by atoms with Crippen LogP contribution in [0, 0.1) is 4.77 Å². The van der Waals surface area contributed by atoms with Crippen molar-refractivity contribution in [3.05, 3.63) is 46.4 Å². The molecule has 0 fully saturated rings. The number of benzene rings is 1. The Kier molecular flexibility index (Phi) is 4.49. The zero-order valence-corrected chi connectivity index (χ0v) is 11.9. The van der Waals surface area contributed by atoms with Crippen LogP contribution in [0.25, 0.3) is 0 Å². The van der Waals surface area contributed by atoms with Gasteiger partial charge in [-0.2, -0.15) is 11.8 Å². The first-order valence-corrected chi connectivity index (χ1v) is 7.41. The summed E-state index contributed by atoms with van der Waals surface area (Å²) in [7, 11) is 0. The largest absolute Gasteiger partial charge is 0.493 e. The van der Waals surface area contributed by atoms with Gasteiger partial charge in [0.25, 0.3) is 0 Å². The summed E-state index contributed by atoms with van der Waals surface area (Å²) in [5.74, 6) is 1.93. The average molecular weight is 280 g/mol. The second kappa shape index (κ2) is 6.11. The molecule has 0 aliphatic rings. The molecule has 96 valence electrons. The Morgan fingerprint density at radius 3 is 2.61 bits per heavy atom. The van der Waals surface area contributed by atoms with Crippen LogP contribution < -0.4 is 0 Å². The zero-order chi connectivity index (χ0) is 13.0. The molecule has 0 saturated heterocycles. The molecule has 5 heteroatoms. The lowest BCUT2D eigenvalue weighted by molar-refractivity contribution is 0.416. The smallest absolute Gasteiger partial charge is 0.214 e. The second-order valence-electron chi connectivity index (χ2n) is 3.95. The topological polar surface area (TPSA) is 41.0 Å². The number of aromatic amines is 1. The number of hydrogen-bond acceptors (Lipinski definition) is 3. The third-order valence-electron chi connectivity index (χ3n) is 2.70. The molecule has 0 aliphatic heterocycles. The molecule has 0 atom stereocenters. The van der Waals surface area contributed by atoms with Crippen LogP contribution in [0.4, 0.5) is 0 Å². The first-order chi connectivity index (χ1) is 8.72. The minimum atomic E-state index is 0.267. The van der Waals surface area contributed by atoms with E-state index in [0.717, 1.165) is 17.2 Å². The summed E-state index contributed by atoms with van der Waals surface area (Å²) >= 11 is 6.90. The first kappa shape index (κ1) is 13.2. The molecule has 0 spiro atoms. The molecule has 2 rings (SSSR count). The van der Waals surface area contributed by atoms with Crippen LogP contribution in [0.3, 0.4) is 0 Å². The molecule has 0 bridgehead atoms. The number of aromatic hydroxyl groups is 1. The molecule has 1 heterocycles. The van der Waals surface area contributed by atoms with Crippen LogP contribution in [-0.4, -0.2) is 14.7 Å². The number of thioether (sulfide) groups is 1. The highest BCUT2D eigenvalue weighted by molar-refractivity contribution is 7.97. The van der Waals surface area contributed by atoms with Gasteiger partial charge in [-0.05, 0) is 24.7 Å². The second-order valence-corrected chi connectivity index (χ2v) is 5.33. The quantitative estimate of drug-likeness (QED) is 0.820. The number of hydrogen-bond donors (Lipinski definition) is 2. The van der Waals surface area contributed by atoms with Gasteiger partial charge >= 0.3 is 0 Å². The van der Waals surface area contributed by atoms with E-state index in [9.17, 15) is 5.11 Å². The third-order valence-corrected chi connectivity index (χ3v) is 4.06. The van der Waals surface area contributed by atoms with Crippen LogP contribution in [0.1, 0.15) is 18.2 Å². The summed E-state index contributed by atoms with van der Waals surface area (Å²) in [4.78, 5) is 3.06. The summed E-state index contributed by atoms with van der Waals surface area (Å²) in [5.41, 5.74) is 2.10. The van der Waals surface area contributed by atoms with E-state index in [4.69, 9.17) is 12.2 Å². The van der Waals surface area contributed by atoms with E-state index >= 15 is 0 Å². The van der Waals surface area contributed by atoms with Crippen LogP contribution in [0.15, 0.2) is 30.3 Å². The molecule has 0 unspecified atom stereocenters. The molecule has 0 amide bonds. The number of nitrogens with zero attached hydrogens (tertiary/aromatic N) is 1. The summed E-state index contributed by atoms with van der Waals surface area (Å²) in [6, 6.07) is 10.3. The average Bonchev–Trinajstić information content (AvgIpc) is 2.65. The first-order valence-electron chi connectivity index (χ1n) is 5.84. The van der Waals surface area contributed by atoms with E-state index in [-0.39, 0.29) is 5.88 Å². The van der Waals surface area contributed by atoms with Crippen LogP contribution in [-0.2, 0) is 18.1 Å². The monoisotopic (exact) mass is 280 g/mol. The van der Waals surface area contributed by atoms with Crippen molar-refractivity contribution >= 4 is 24.0 Å². The highest BCUT2D eigenvalue weighted by atomic mass is 32.2. The lowest BCUT2D eigenvalue weighted by Gasteiger charge is -2.02. The molecule has 0 radical (unpaired) electrons. The maximum absolute atomic E-state index is 9.96. The fourth-order valence-corrected chi connectivity index (χ4v) is 3.03. The Morgan fingerprint density at radius 1 is 1.28 bits per heavy atom. The summed E-state index contributed by atoms with van der Waals surface area (Å²) < 4.78 is 2.29. The maximum atomic E-state index is 9.96. The van der Waals surface area contributed by atoms with Crippen LogP contribution >= 0.6 is 24.0 Å². The molecule has 2 aromatic rings. The predicted molar refractivity (Wildman–Crippen MR) is 78.4 cm³/mol. The van der Waals surface area contributed by atoms with Crippen molar-refractivity contribution in [3.8, 4) is 5.88 Å². The molecule has 3 nitrogen and oxygen atoms in total. The summed E-state index contributed by atoms with van der Waals surface area (Å²) in [5, 5.41) is 9.96. The van der Waals surface area contributed by atoms with Gasteiger partial charge in [-0.1, -0.05) is 30.3 Å². The summed E-state index contributed by atoms with van der Waals surface area (Å²) in [6.07, 6.45) is 0. The van der Waals surface area contributed by atoms with Gasteiger partial charge in [0.2, 0.25) is 5.88 Å². The molecule has 18 heavy (non-hydrogen) atoms. The minimum Gasteiger partial charge on any atom is -0.493 e. The molecule has 1 aromatic carbocycles. The van der Waals surface area contributed by atoms with E-state index in [1.807, 2.05) is 25.1 Å². The van der Waals surface area contributed by atoms with E-state index < -0.39 is 0 Å². The fourth-order valence-electron chi connectivity index (χ4n) is 1.75. The Labute approximate surface area is 116 Å². The SMILES string of the molecule is CCn1c(O)c(CSCc2ccccc2)[nH]c1=S. The predicted octanol–water partition coefficient (Wildman–Crippen LogP) is 3.70. The van der Waals surface area contributed by atoms with Crippen molar-refractivity contribution in [1.29, 1.82) is 0 Å². The van der Waals surface area contributed by atoms with Crippen LogP contribution in [0.2, 0.25) is 0 Å². The van der Waals surface area contributed by atoms with Crippen LogP contribution in [0.5, 0.6) is 5.88 Å². The maximum Gasteiger partial charge on any atom is 0.214 e. The van der Waals surface area contributed by atoms with Crippen molar-refractivity contribution in [2.24, 2.45) is 0 Å². The van der Waals surface area contributed by atoms with Gasteiger partial charge in [0.05, 0.1) is 5.69 Å². The van der Waals surface area contributed by atoms with Crippen molar-refractivity contribution in [2.45, 2.75) is 25.0 Å². The van der Waals surface area contributed by atoms with Gasteiger partial charge in [0.15, 0.2) is 4.77 Å². The molecular weight excluding hydrogens is 264 g/mol. The highest BCUT2D eigenvalue weighted by Crippen LogP contribution is 2.24. The number of aromatic nitrogens is 2. The Morgan fingerprint density at radius 2 is 2.00 bits per heavy atom. The number of rotatable bonds is 5. The van der Waals surface area contributed by atoms with Gasteiger partial charge in [-0.15, -0.1) is 0 Å². The van der Waals surface area contributed by atoms with Gasteiger partial charge in [-0.25, -0.2) is 0 Å². The zero-order valence-electron chi connectivity index (χ0n) is 10.2. The molecule has 1 aromatic heterocycles. The number of nitrogens with one attached hydrogen (secondary N) is 1. The lowest BCUT2D eigenvalue weighted by Crippen LogP contribution is -1.92. The highest BCUT2D eigenvalue weighted by Gasteiger charge is 2.09. The molecule has 0 saturated carbocycles. The molecular formula is C13H16N2OS2. The Hall–Kier alpha value is -1.20.